The maximum absolute atomic E-state index is 15.2. The zero-order valence-corrected chi connectivity index (χ0v) is 16.8. The van der Waals surface area contributed by atoms with Crippen LogP contribution in [0.1, 0.15) is 26.7 Å². The zero-order valence-electron chi connectivity index (χ0n) is 16.8. The summed E-state index contributed by atoms with van der Waals surface area (Å²) in [4.78, 5) is 19.2. The number of carbonyl (C=O) groups is 1. The number of H-pyrrole nitrogens is 1. The predicted octanol–water partition coefficient (Wildman–Crippen LogP) is 4.02. The molecule has 29 heavy (non-hydrogen) atoms. The van der Waals surface area contributed by atoms with Gasteiger partial charge in [-0.25, -0.2) is 9.37 Å². The fourth-order valence-electron chi connectivity index (χ4n) is 3.86. The third-order valence-corrected chi connectivity index (χ3v) is 5.47. The van der Waals surface area contributed by atoms with Crippen molar-refractivity contribution in [2.45, 2.75) is 32.4 Å². The van der Waals surface area contributed by atoms with Gasteiger partial charge < -0.3 is 10.2 Å². The van der Waals surface area contributed by atoms with Gasteiger partial charge >= 0.3 is 0 Å². The molecule has 0 saturated carbocycles. The first kappa shape index (κ1) is 19.5. The van der Waals surface area contributed by atoms with E-state index in [1.807, 2.05) is 24.4 Å². The summed E-state index contributed by atoms with van der Waals surface area (Å²) in [5, 5.41) is 11.3. The van der Waals surface area contributed by atoms with Crippen molar-refractivity contribution < 1.29 is 9.18 Å². The molecule has 1 fully saturated rings. The highest BCUT2D eigenvalue weighted by molar-refractivity contribution is 5.98. The molecular formula is C22H26FN5O. The van der Waals surface area contributed by atoms with Crippen LogP contribution in [0, 0.1) is 5.92 Å². The summed E-state index contributed by atoms with van der Waals surface area (Å²) in [5.41, 5.74) is 0.141. The Hall–Kier alpha value is -2.80. The fraction of sp³-hybridized carbons (Fsp3) is 0.409. The SMILES string of the molecule is CC(C)CN1CCC(F)(C(=O)Nc2cc3cc(-c4cn[nH]c4)ccc3cn2)CC1. The highest BCUT2D eigenvalue weighted by atomic mass is 19.1. The van der Waals surface area contributed by atoms with Crippen molar-refractivity contribution in [3.05, 3.63) is 42.9 Å². The lowest BCUT2D eigenvalue weighted by atomic mass is 9.92. The second-order valence-corrected chi connectivity index (χ2v) is 8.23. The van der Waals surface area contributed by atoms with Crippen LogP contribution < -0.4 is 5.32 Å². The Morgan fingerprint density at radius 3 is 2.69 bits per heavy atom. The number of alkyl halides is 1. The Bertz CT molecular complexity index is 994. The third kappa shape index (κ3) is 4.29. The lowest BCUT2D eigenvalue weighted by Gasteiger charge is -2.36. The number of nitrogens with zero attached hydrogens (tertiary/aromatic N) is 3. The summed E-state index contributed by atoms with van der Waals surface area (Å²) in [7, 11) is 0. The van der Waals surface area contributed by atoms with E-state index in [9.17, 15) is 4.79 Å². The number of amides is 1. The molecule has 4 rings (SSSR count). The Kier molecular flexibility index (Phi) is 5.32. The molecule has 1 saturated heterocycles. The molecule has 6 nitrogen and oxygen atoms in total. The summed E-state index contributed by atoms with van der Waals surface area (Å²) >= 11 is 0. The minimum Gasteiger partial charge on any atom is -0.308 e. The van der Waals surface area contributed by atoms with Crippen LogP contribution in [0.25, 0.3) is 21.9 Å². The van der Waals surface area contributed by atoms with Gasteiger partial charge in [-0.05, 0) is 29.0 Å². The van der Waals surface area contributed by atoms with Gasteiger partial charge in [-0.2, -0.15) is 5.10 Å². The number of aromatic amines is 1. The Labute approximate surface area is 169 Å². The number of hydrogen-bond acceptors (Lipinski definition) is 4. The number of carbonyl (C=O) groups excluding carboxylic acids is 1. The van der Waals surface area contributed by atoms with Crippen molar-refractivity contribution in [1.29, 1.82) is 0 Å². The molecule has 0 aliphatic carbocycles. The first-order valence-electron chi connectivity index (χ1n) is 10.0. The second kappa shape index (κ2) is 7.91. The van der Waals surface area contributed by atoms with Crippen LogP contribution in [-0.2, 0) is 4.79 Å². The Morgan fingerprint density at radius 1 is 1.21 bits per heavy atom. The molecule has 0 spiro atoms. The molecule has 1 aliphatic rings. The van der Waals surface area contributed by atoms with E-state index < -0.39 is 11.6 Å². The summed E-state index contributed by atoms with van der Waals surface area (Å²) in [6.45, 7) is 6.42. The topological polar surface area (TPSA) is 73.9 Å². The number of pyridine rings is 1. The molecule has 0 atom stereocenters. The quantitative estimate of drug-likeness (QED) is 0.684. The van der Waals surface area contributed by atoms with E-state index in [0.717, 1.165) is 28.4 Å². The first-order chi connectivity index (χ1) is 13.9. The van der Waals surface area contributed by atoms with E-state index in [0.29, 0.717) is 24.8 Å². The van der Waals surface area contributed by atoms with Gasteiger partial charge in [0.2, 0.25) is 0 Å². The van der Waals surface area contributed by atoms with Crippen LogP contribution in [-0.4, -0.2) is 51.3 Å². The largest absolute Gasteiger partial charge is 0.308 e. The minimum absolute atomic E-state index is 0.212. The van der Waals surface area contributed by atoms with Crippen molar-refractivity contribution in [1.82, 2.24) is 20.1 Å². The number of nitrogens with one attached hydrogen (secondary N) is 2. The average Bonchev–Trinajstić information content (AvgIpc) is 3.24. The monoisotopic (exact) mass is 395 g/mol. The predicted molar refractivity (Wildman–Crippen MR) is 112 cm³/mol. The van der Waals surface area contributed by atoms with E-state index in [1.165, 1.54) is 0 Å². The number of halogens is 1. The standard InChI is InChI=1S/C22H26FN5O/c1-15(2)14-28-7-5-22(23,6-8-28)21(29)27-20-10-18-9-16(19-12-25-26-13-19)3-4-17(18)11-24-20/h3-4,9-13,15H,5-8,14H2,1-2H3,(H,25,26)(H,24,27,29). The van der Waals surface area contributed by atoms with Gasteiger partial charge in [-0.15, -0.1) is 0 Å². The molecule has 7 heteroatoms. The molecule has 0 unspecified atom stereocenters. The van der Waals surface area contributed by atoms with Gasteiger partial charge in [0.1, 0.15) is 5.82 Å². The van der Waals surface area contributed by atoms with Gasteiger partial charge in [0.25, 0.3) is 5.91 Å². The average molecular weight is 395 g/mol. The number of rotatable bonds is 5. The molecule has 2 aromatic heterocycles. The fourth-order valence-corrected chi connectivity index (χ4v) is 3.86. The third-order valence-electron chi connectivity index (χ3n) is 5.47. The molecular weight excluding hydrogens is 369 g/mol. The molecule has 0 radical (unpaired) electrons. The molecule has 3 heterocycles. The zero-order chi connectivity index (χ0) is 20.4. The number of benzene rings is 1. The summed E-state index contributed by atoms with van der Waals surface area (Å²) < 4.78 is 15.2. The van der Waals surface area contributed by atoms with Gasteiger partial charge in [-0.3, -0.25) is 9.89 Å². The van der Waals surface area contributed by atoms with Crippen LogP contribution in [0.4, 0.5) is 10.2 Å². The van der Waals surface area contributed by atoms with Gasteiger partial charge in [0.05, 0.1) is 6.20 Å². The van der Waals surface area contributed by atoms with Gasteiger partial charge in [0, 0.05) is 55.8 Å². The van der Waals surface area contributed by atoms with E-state index in [4.69, 9.17) is 0 Å². The van der Waals surface area contributed by atoms with Crippen LogP contribution in [0.2, 0.25) is 0 Å². The van der Waals surface area contributed by atoms with Gasteiger partial charge in [-0.1, -0.05) is 26.0 Å². The maximum atomic E-state index is 15.2. The number of likely N-dealkylation sites (tertiary alicyclic amines) is 1. The van der Waals surface area contributed by atoms with Crippen molar-refractivity contribution in [3.8, 4) is 11.1 Å². The molecule has 1 aromatic carbocycles. The molecule has 0 bridgehead atoms. The van der Waals surface area contributed by atoms with Crippen LogP contribution >= 0.6 is 0 Å². The molecule has 2 N–H and O–H groups in total. The lowest BCUT2D eigenvalue weighted by Crippen LogP contribution is -2.49. The van der Waals surface area contributed by atoms with Crippen LogP contribution in [0.15, 0.2) is 42.9 Å². The van der Waals surface area contributed by atoms with E-state index >= 15 is 4.39 Å². The molecule has 1 amide bonds. The van der Waals surface area contributed by atoms with E-state index in [1.54, 1.807) is 18.5 Å². The smallest absolute Gasteiger partial charge is 0.263 e. The number of aromatic nitrogens is 3. The van der Waals surface area contributed by atoms with Crippen molar-refractivity contribution in [2.24, 2.45) is 5.92 Å². The highest BCUT2D eigenvalue weighted by Gasteiger charge is 2.41. The Morgan fingerprint density at radius 2 is 2.00 bits per heavy atom. The van der Waals surface area contributed by atoms with Gasteiger partial charge in [0.15, 0.2) is 5.67 Å². The first-order valence-corrected chi connectivity index (χ1v) is 10.0. The summed E-state index contributed by atoms with van der Waals surface area (Å²) in [6.07, 6.45) is 5.70. The second-order valence-electron chi connectivity index (χ2n) is 8.23. The highest BCUT2D eigenvalue weighted by Crippen LogP contribution is 2.29. The Balaban J connectivity index is 1.48. The normalized spacial score (nSPS) is 17.0. The van der Waals surface area contributed by atoms with E-state index in [2.05, 4.69) is 39.2 Å². The summed E-state index contributed by atoms with van der Waals surface area (Å²) in [5.74, 6) is 0.303. The summed E-state index contributed by atoms with van der Waals surface area (Å²) in [6, 6.07) is 7.76. The minimum atomic E-state index is -1.84. The van der Waals surface area contributed by atoms with Crippen molar-refractivity contribution in [3.63, 3.8) is 0 Å². The molecule has 152 valence electrons. The van der Waals surface area contributed by atoms with Crippen molar-refractivity contribution in [2.75, 3.05) is 25.0 Å². The van der Waals surface area contributed by atoms with E-state index in [-0.39, 0.29) is 12.8 Å². The molecule has 3 aromatic rings. The van der Waals surface area contributed by atoms with Crippen molar-refractivity contribution >= 4 is 22.5 Å². The van der Waals surface area contributed by atoms with Crippen LogP contribution in [0.5, 0.6) is 0 Å². The number of hydrogen-bond donors (Lipinski definition) is 2. The lowest BCUT2D eigenvalue weighted by molar-refractivity contribution is -0.130. The number of anilines is 1. The number of piperidine rings is 1. The van der Waals surface area contributed by atoms with Crippen LogP contribution in [0.3, 0.4) is 0 Å². The molecule has 1 aliphatic heterocycles. The maximum Gasteiger partial charge on any atom is 0.263 e. The number of fused-ring (bicyclic) bond motifs is 1.